The van der Waals surface area contributed by atoms with E-state index in [0.29, 0.717) is 5.56 Å². The van der Waals surface area contributed by atoms with Crippen molar-refractivity contribution in [1.29, 1.82) is 0 Å². The van der Waals surface area contributed by atoms with E-state index in [4.69, 9.17) is 4.74 Å². The lowest BCUT2D eigenvalue weighted by Crippen LogP contribution is -2.37. The molecular formula is C15H23NO3. The number of nitrogens with one attached hydrogen (secondary N) is 1. The molecule has 2 N–H and O–H groups in total. The maximum absolute atomic E-state index is 11.8. The van der Waals surface area contributed by atoms with Crippen molar-refractivity contribution in [2.45, 2.75) is 46.0 Å². The zero-order valence-electron chi connectivity index (χ0n) is 12.1. The van der Waals surface area contributed by atoms with Crippen LogP contribution in [-0.4, -0.2) is 29.4 Å². The Morgan fingerprint density at radius 2 is 1.89 bits per heavy atom. The van der Waals surface area contributed by atoms with Gasteiger partial charge in [0.2, 0.25) is 0 Å². The van der Waals surface area contributed by atoms with Gasteiger partial charge in [0.1, 0.15) is 0 Å². The van der Waals surface area contributed by atoms with Crippen LogP contribution in [0, 0.1) is 0 Å². The molecule has 106 valence electrons. The monoisotopic (exact) mass is 265 g/mol. The third-order valence-electron chi connectivity index (χ3n) is 2.55. The van der Waals surface area contributed by atoms with Crippen molar-refractivity contribution in [1.82, 2.24) is 5.32 Å². The van der Waals surface area contributed by atoms with Gasteiger partial charge >= 0.3 is 0 Å². The molecule has 0 fully saturated rings. The maximum Gasteiger partial charge on any atom is 0.251 e. The molecule has 4 nitrogen and oxygen atoms in total. The molecule has 0 bridgehead atoms. The predicted molar refractivity (Wildman–Crippen MR) is 75.0 cm³/mol. The Hall–Kier alpha value is -1.39. The highest BCUT2D eigenvalue weighted by molar-refractivity contribution is 5.94. The molecule has 1 rings (SSSR count). The fourth-order valence-corrected chi connectivity index (χ4v) is 1.62. The summed E-state index contributed by atoms with van der Waals surface area (Å²) in [6.07, 6.45) is -0.0566. The normalized spacial score (nSPS) is 13.1. The molecule has 0 radical (unpaired) electrons. The van der Waals surface area contributed by atoms with Crippen molar-refractivity contribution >= 4 is 5.91 Å². The lowest BCUT2D eigenvalue weighted by atomic mass is 10.1. The van der Waals surface area contributed by atoms with Gasteiger partial charge in [-0.2, -0.15) is 0 Å². The van der Waals surface area contributed by atoms with Crippen molar-refractivity contribution in [3.05, 3.63) is 35.4 Å². The number of ether oxygens (including phenoxy) is 1. The summed E-state index contributed by atoms with van der Waals surface area (Å²) in [5.41, 5.74) is 1.33. The molecule has 0 aliphatic heterocycles. The van der Waals surface area contributed by atoms with Gasteiger partial charge in [-0.1, -0.05) is 19.1 Å². The van der Waals surface area contributed by atoms with E-state index in [1.165, 1.54) is 5.56 Å². The molecule has 4 heteroatoms. The van der Waals surface area contributed by atoms with Gasteiger partial charge in [0.25, 0.3) is 5.91 Å². The largest absolute Gasteiger partial charge is 0.366 e. The molecule has 0 heterocycles. The minimum Gasteiger partial charge on any atom is -0.366 e. The Morgan fingerprint density at radius 1 is 1.32 bits per heavy atom. The number of aliphatic hydroxyl groups is 1. The highest BCUT2D eigenvalue weighted by Crippen LogP contribution is 2.09. The fraction of sp³-hybridized carbons (Fsp3) is 0.533. The SMILES string of the molecule is CCc1ccc(C(=O)NCC(O)OC(C)(C)C)cc1. The van der Waals surface area contributed by atoms with E-state index >= 15 is 0 Å². The summed E-state index contributed by atoms with van der Waals surface area (Å²) in [6.45, 7) is 7.69. The fourth-order valence-electron chi connectivity index (χ4n) is 1.62. The second-order valence-electron chi connectivity index (χ2n) is 5.45. The number of hydrogen-bond donors (Lipinski definition) is 2. The van der Waals surface area contributed by atoms with Gasteiger partial charge in [-0.15, -0.1) is 0 Å². The van der Waals surface area contributed by atoms with E-state index in [9.17, 15) is 9.90 Å². The van der Waals surface area contributed by atoms with Crippen LogP contribution in [0.15, 0.2) is 24.3 Å². The number of rotatable bonds is 5. The third kappa shape index (κ3) is 5.85. The highest BCUT2D eigenvalue weighted by Gasteiger charge is 2.17. The van der Waals surface area contributed by atoms with Crippen molar-refractivity contribution in [3.8, 4) is 0 Å². The first-order chi connectivity index (χ1) is 8.81. The van der Waals surface area contributed by atoms with Crippen LogP contribution in [0.5, 0.6) is 0 Å². The number of amides is 1. The smallest absolute Gasteiger partial charge is 0.251 e. The van der Waals surface area contributed by atoms with E-state index in [1.54, 1.807) is 12.1 Å². The summed E-state index contributed by atoms with van der Waals surface area (Å²) in [6, 6.07) is 7.42. The molecule has 1 aromatic carbocycles. The van der Waals surface area contributed by atoms with Crippen molar-refractivity contribution in [3.63, 3.8) is 0 Å². The minimum atomic E-state index is -1.00. The van der Waals surface area contributed by atoms with Crippen LogP contribution >= 0.6 is 0 Å². The molecular weight excluding hydrogens is 242 g/mol. The van der Waals surface area contributed by atoms with E-state index in [-0.39, 0.29) is 12.5 Å². The summed E-state index contributed by atoms with van der Waals surface area (Å²) in [7, 11) is 0. The second kappa shape index (κ2) is 6.68. The number of hydrogen-bond acceptors (Lipinski definition) is 3. The molecule has 0 aromatic heterocycles. The number of carbonyl (C=O) groups is 1. The Labute approximate surface area is 114 Å². The van der Waals surface area contributed by atoms with Crippen molar-refractivity contribution in [2.24, 2.45) is 0 Å². The molecule has 0 saturated carbocycles. The number of aryl methyl sites for hydroxylation is 1. The maximum atomic E-state index is 11.8. The van der Waals surface area contributed by atoms with E-state index < -0.39 is 11.9 Å². The molecule has 19 heavy (non-hydrogen) atoms. The van der Waals surface area contributed by atoms with Gasteiger partial charge in [0.05, 0.1) is 12.1 Å². The molecule has 1 amide bonds. The average Bonchev–Trinajstić information content (AvgIpc) is 2.34. The first-order valence-electron chi connectivity index (χ1n) is 6.55. The topological polar surface area (TPSA) is 58.6 Å². The molecule has 0 aliphatic rings. The molecule has 0 spiro atoms. The summed E-state index contributed by atoms with van der Waals surface area (Å²) < 4.78 is 5.30. The van der Waals surface area contributed by atoms with Crippen LogP contribution in [0.3, 0.4) is 0 Å². The van der Waals surface area contributed by atoms with Crippen LogP contribution in [0.25, 0.3) is 0 Å². The van der Waals surface area contributed by atoms with Crippen LogP contribution < -0.4 is 5.32 Å². The van der Waals surface area contributed by atoms with Gasteiger partial charge in [0, 0.05) is 5.56 Å². The van der Waals surface area contributed by atoms with Crippen LogP contribution in [0.2, 0.25) is 0 Å². The van der Waals surface area contributed by atoms with Crippen molar-refractivity contribution in [2.75, 3.05) is 6.54 Å². The number of aliphatic hydroxyl groups excluding tert-OH is 1. The van der Waals surface area contributed by atoms with E-state index in [1.807, 2.05) is 32.9 Å². The Balaban J connectivity index is 2.46. The van der Waals surface area contributed by atoms with Gasteiger partial charge in [-0.3, -0.25) is 4.79 Å². The van der Waals surface area contributed by atoms with E-state index in [0.717, 1.165) is 6.42 Å². The molecule has 1 unspecified atom stereocenters. The zero-order chi connectivity index (χ0) is 14.5. The predicted octanol–water partition coefficient (Wildman–Crippen LogP) is 2.11. The standard InChI is InChI=1S/C15H23NO3/c1-5-11-6-8-12(9-7-11)14(18)16-10-13(17)19-15(2,3)4/h6-9,13,17H,5,10H2,1-4H3,(H,16,18). The van der Waals surface area contributed by atoms with Crippen LogP contribution in [-0.2, 0) is 11.2 Å². The Morgan fingerprint density at radius 3 is 2.37 bits per heavy atom. The average molecular weight is 265 g/mol. The molecule has 1 aromatic rings. The molecule has 0 aliphatic carbocycles. The van der Waals surface area contributed by atoms with Gasteiger partial charge in [-0.25, -0.2) is 0 Å². The quantitative estimate of drug-likeness (QED) is 0.802. The highest BCUT2D eigenvalue weighted by atomic mass is 16.6. The van der Waals surface area contributed by atoms with E-state index in [2.05, 4.69) is 12.2 Å². The summed E-state index contributed by atoms with van der Waals surface area (Å²) in [4.78, 5) is 11.8. The van der Waals surface area contributed by atoms with Gasteiger partial charge < -0.3 is 15.2 Å². The summed E-state index contributed by atoms with van der Waals surface area (Å²) >= 11 is 0. The summed E-state index contributed by atoms with van der Waals surface area (Å²) in [5, 5.41) is 12.3. The van der Waals surface area contributed by atoms with Crippen LogP contribution in [0.4, 0.5) is 0 Å². The second-order valence-corrected chi connectivity index (χ2v) is 5.45. The van der Waals surface area contributed by atoms with Crippen LogP contribution in [0.1, 0.15) is 43.6 Å². The molecule has 0 saturated heterocycles. The Bertz CT molecular complexity index is 406. The van der Waals surface area contributed by atoms with Gasteiger partial charge in [0.15, 0.2) is 6.29 Å². The van der Waals surface area contributed by atoms with Gasteiger partial charge in [-0.05, 0) is 44.9 Å². The first kappa shape index (κ1) is 15.7. The third-order valence-corrected chi connectivity index (χ3v) is 2.55. The lowest BCUT2D eigenvalue weighted by molar-refractivity contribution is -0.161. The minimum absolute atomic E-state index is 0.0750. The Kier molecular flexibility index (Phi) is 5.51. The lowest BCUT2D eigenvalue weighted by Gasteiger charge is -2.24. The zero-order valence-corrected chi connectivity index (χ0v) is 12.1. The number of carbonyl (C=O) groups excluding carboxylic acids is 1. The van der Waals surface area contributed by atoms with Crippen molar-refractivity contribution < 1.29 is 14.6 Å². The first-order valence-corrected chi connectivity index (χ1v) is 6.55. The number of benzene rings is 1. The summed E-state index contributed by atoms with van der Waals surface area (Å²) in [5.74, 6) is -0.209. The molecule has 1 atom stereocenters.